The van der Waals surface area contributed by atoms with Gasteiger partial charge in [-0.15, -0.1) is 0 Å². The topological polar surface area (TPSA) is 292 Å². The largest absolute Gasteiger partial charge is 0.330 e. The average molecular weight is 1590 g/mol. The number of likely N-dealkylation sites (tertiary alicyclic amines) is 5. The SMILES string of the molecule is CC(C)C(=O)Nc1cccc(C2CCN(CCCCCCN)CC2)c1.CC(C)C(=O)Nc1cccc(C2CCN(CCCCCN)CC2)c1.CC(C)C(=O)Nc1cccc(C2CCN(CCCCN)CC2)c1.CC(C)C(=O)Nc1cccc(C2CCN(CCCN)CC2)c1.CC(C)C(=O)Nc1cccc(C2CCN(CCN)CC2)c1. The van der Waals surface area contributed by atoms with E-state index in [0.29, 0.717) is 29.6 Å². The number of nitrogens with two attached hydrogens (primary N) is 5. The van der Waals surface area contributed by atoms with Crippen molar-refractivity contribution in [2.75, 3.05) is 157 Å². The molecule has 5 aliphatic heterocycles. The lowest BCUT2D eigenvalue weighted by Gasteiger charge is -2.32. The van der Waals surface area contributed by atoms with Crippen LogP contribution in [-0.4, -0.2) is 185 Å². The van der Waals surface area contributed by atoms with Crippen LogP contribution in [0.2, 0.25) is 0 Å². The first-order valence-corrected chi connectivity index (χ1v) is 44.7. The van der Waals surface area contributed by atoms with Crippen LogP contribution in [0.4, 0.5) is 28.4 Å². The molecular formula is C95H155N15O5. The van der Waals surface area contributed by atoms with E-state index in [0.717, 1.165) is 139 Å². The Bertz CT molecular complexity index is 3530. The molecule has 0 radical (unpaired) electrons. The van der Waals surface area contributed by atoms with Gasteiger partial charge in [-0.25, -0.2) is 0 Å². The van der Waals surface area contributed by atoms with Crippen LogP contribution in [0.3, 0.4) is 0 Å². The predicted octanol–water partition coefficient (Wildman–Crippen LogP) is 16.0. The van der Waals surface area contributed by atoms with E-state index in [2.05, 4.69) is 130 Å². The number of hydrogen-bond donors (Lipinski definition) is 10. The van der Waals surface area contributed by atoms with E-state index in [-0.39, 0.29) is 59.1 Å². The minimum atomic E-state index is 0.00755. The molecule has 5 fully saturated rings. The predicted molar refractivity (Wildman–Crippen MR) is 483 cm³/mol. The minimum Gasteiger partial charge on any atom is -0.330 e. The fourth-order valence-corrected chi connectivity index (χ4v) is 15.7. The van der Waals surface area contributed by atoms with E-state index in [1.165, 1.54) is 176 Å². The van der Waals surface area contributed by atoms with Gasteiger partial charge in [-0.05, 0) is 345 Å². The number of nitrogens with zero attached hydrogens (tertiary/aromatic N) is 5. The van der Waals surface area contributed by atoms with E-state index < -0.39 is 0 Å². The van der Waals surface area contributed by atoms with Gasteiger partial charge in [0.15, 0.2) is 0 Å². The van der Waals surface area contributed by atoms with Crippen LogP contribution in [0.15, 0.2) is 121 Å². The molecule has 5 saturated heterocycles. The van der Waals surface area contributed by atoms with Gasteiger partial charge in [-0.3, -0.25) is 24.0 Å². The van der Waals surface area contributed by atoms with E-state index in [9.17, 15) is 24.0 Å². The van der Waals surface area contributed by atoms with Gasteiger partial charge in [-0.1, -0.05) is 149 Å². The molecular weight excluding hydrogens is 1430 g/mol. The molecule has 640 valence electrons. The Hall–Kier alpha value is -6.95. The molecule has 10 rings (SSSR count). The van der Waals surface area contributed by atoms with E-state index in [1.54, 1.807) is 0 Å². The number of anilines is 5. The third-order valence-electron chi connectivity index (χ3n) is 23.3. The zero-order valence-corrected chi connectivity index (χ0v) is 72.8. The van der Waals surface area contributed by atoms with Crippen molar-refractivity contribution in [3.63, 3.8) is 0 Å². The summed E-state index contributed by atoms with van der Waals surface area (Å²) in [6, 6.07) is 41.8. The van der Waals surface area contributed by atoms with Crippen LogP contribution < -0.4 is 55.3 Å². The lowest BCUT2D eigenvalue weighted by molar-refractivity contribution is -0.119. The van der Waals surface area contributed by atoms with Gasteiger partial charge in [0.1, 0.15) is 0 Å². The lowest BCUT2D eigenvalue weighted by atomic mass is 9.89. The van der Waals surface area contributed by atoms with E-state index in [1.807, 2.05) is 112 Å². The smallest absolute Gasteiger partial charge is 0.226 e. The van der Waals surface area contributed by atoms with Crippen molar-refractivity contribution in [3.8, 4) is 0 Å². The van der Waals surface area contributed by atoms with E-state index in [4.69, 9.17) is 28.7 Å². The van der Waals surface area contributed by atoms with Crippen molar-refractivity contribution in [2.24, 2.45) is 58.3 Å². The molecule has 5 amide bonds. The molecule has 0 unspecified atom stereocenters. The monoisotopic (exact) mass is 1590 g/mol. The van der Waals surface area contributed by atoms with Crippen molar-refractivity contribution in [2.45, 2.75) is 227 Å². The van der Waals surface area contributed by atoms with Crippen LogP contribution >= 0.6 is 0 Å². The molecule has 5 aliphatic rings. The Labute approximate surface area is 694 Å². The summed E-state index contributed by atoms with van der Waals surface area (Å²) >= 11 is 0. The fourth-order valence-electron chi connectivity index (χ4n) is 15.7. The Morgan fingerprint density at radius 2 is 0.443 bits per heavy atom. The quantitative estimate of drug-likeness (QED) is 0.0169. The summed E-state index contributed by atoms with van der Waals surface area (Å²) < 4.78 is 0. The van der Waals surface area contributed by atoms with Crippen molar-refractivity contribution in [1.82, 2.24) is 24.5 Å². The number of unbranched alkanes of at least 4 members (excludes halogenated alkanes) is 6. The molecule has 0 bridgehead atoms. The average Bonchev–Trinajstić information content (AvgIpc) is 0.869. The molecule has 0 aliphatic carbocycles. The maximum Gasteiger partial charge on any atom is 0.226 e. The first-order valence-electron chi connectivity index (χ1n) is 44.7. The van der Waals surface area contributed by atoms with Gasteiger partial charge in [-0.2, -0.15) is 0 Å². The Morgan fingerprint density at radius 3 is 0.652 bits per heavy atom. The zero-order chi connectivity index (χ0) is 83.3. The second-order valence-electron chi connectivity index (χ2n) is 34.4. The summed E-state index contributed by atoms with van der Waals surface area (Å²) in [6.07, 6.45) is 24.0. The van der Waals surface area contributed by atoms with Gasteiger partial charge in [0.05, 0.1) is 0 Å². The number of nitrogens with one attached hydrogen (secondary N) is 5. The van der Waals surface area contributed by atoms with Gasteiger partial charge in [0.25, 0.3) is 0 Å². The molecule has 15 N–H and O–H groups in total. The number of hydrogen-bond acceptors (Lipinski definition) is 15. The lowest BCUT2D eigenvalue weighted by Crippen LogP contribution is -2.36. The molecule has 0 aromatic heterocycles. The summed E-state index contributed by atoms with van der Waals surface area (Å²) in [4.78, 5) is 71.9. The fraction of sp³-hybridized carbons (Fsp3) is 0.632. The van der Waals surface area contributed by atoms with Crippen LogP contribution in [-0.2, 0) is 24.0 Å². The van der Waals surface area contributed by atoms with Gasteiger partial charge >= 0.3 is 0 Å². The maximum absolute atomic E-state index is 11.9. The van der Waals surface area contributed by atoms with Crippen LogP contribution in [0.5, 0.6) is 0 Å². The number of rotatable bonds is 35. The number of piperidine rings is 5. The van der Waals surface area contributed by atoms with Gasteiger partial charge in [0.2, 0.25) is 29.5 Å². The molecule has 20 heteroatoms. The van der Waals surface area contributed by atoms with Crippen molar-refractivity contribution >= 4 is 58.0 Å². The van der Waals surface area contributed by atoms with Crippen LogP contribution in [0.1, 0.15) is 255 Å². The molecule has 0 atom stereocenters. The standard InChI is InChI=1S/C21H35N3O.C20H33N3O.C19H31N3O.C18H29N3O.C17H27N3O/c1-17(2)21(25)23-20-9-7-8-19(16-20)18-10-14-24(15-11-18)13-6-4-3-5-12-22;1-16(2)20(24)22-19-8-6-7-18(15-19)17-9-13-23(14-10-17)12-5-3-4-11-21;1-15(2)19(23)21-18-7-5-6-17(14-18)16-8-12-22(13-9-16)11-4-3-10-20;1-14(2)18(22)20-17-6-3-5-16(13-17)15-7-11-21(12-8-15)10-4-9-19;1-13(2)17(21)19-16-5-3-4-15(12-16)14-6-9-20(10-7-14)11-8-18/h7-9,16-18H,3-6,10-15,22H2,1-2H3,(H,23,25);6-8,15-17H,3-5,9-14,21H2,1-2H3,(H,22,24);5-7,14-16H,3-4,8-13,20H2,1-2H3,(H,21,23);3,5-6,13-15H,4,7-12,19H2,1-2H3,(H,20,22);3-5,12-14H,6-11,18H2,1-2H3,(H,19,21). The molecule has 0 saturated carbocycles. The Kier molecular flexibility index (Phi) is 46.3. The summed E-state index contributed by atoms with van der Waals surface area (Å²) in [7, 11) is 0. The number of benzene rings is 5. The van der Waals surface area contributed by atoms with Gasteiger partial charge in [0, 0.05) is 71.1 Å². The summed E-state index contributed by atoms with van der Waals surface area (Å²) in [5.74, 6) is 3.48. The molecule has 115 heavy (non-hydrogen) atoms. The zero-order valence-electron chi connectivity index (χ0n) is 72.8. The first-order chi connectivity index (χ1) is 55.5. The highest BCUT2D eigenvalue weighted by Crippen LogP contribution is 2.35. The third kappa shape index (κ3) is 37.3. The van der Waals surface area contributed by atoms with Crippen LogP contribution in [0, 0.1) is 29.6 Å². The highest BCUT2D eigenvalue weighted by molar-refractivity contribution is 5.94. The normalized spacial score (nSPS) is 16.7. The number of carbonyl (C=O) groups is 5. The maximum atomic E-state index is 11.9. The van der Waals surface area contributed by atoms with Crippen molar-refractivity contribution < 1.29 is 24.0 Å². The summed E-state index contributed by atoms with van der Waals surface area (Å²) in [6.45, 7) is 40.4. The molecule has 0 spiro atoms. The minimum absolute atomic E-state index is 0.00755. The number of carbonyl (C=O) groups excluding carboxylic acids is 5. The van der Waals surface area contributed by atoms with Crippen molar-refractivity contribution in [3.05, 3.63) is 149 Å². The number of amides is 5. The Morgan fingerprint density at radius 1 is 0.261 bits per heavy atom. The molecule has 20 nitrogen and oxygen atoms in total. The van der Waals surface area contributed by atoms with Gasteiger partial charge < -0.3 is 79.8 Å². The highest BCUT2D eigenvalue weighted by Gasteiger charge is 2.27. The summed E-state index contributed by atoms with van der Waals surface area (Å²) in [5, 5.41) is 15.0. The summed E-state index contributed by atoms with van der Waals surface area (Å²) in [5.41, 5.74) is 39.2. The van der Waals surface area contributed by atoms with Crippen LogP contribution in [0.25, 0.3) is 0 Å². The first kappa shape index (κ1) is 96.9. The van der Waals surface area contributed by atoms with E-state index >= 15 is 0 Å². The second-order valence-corrected chi connectivity index (χ2v) is 34.4. The third-order valence-corrected chi connectivity index (χ3v) is 23.3. The second kappa shape index (κ2) is 54.9. The molecule has 5 aromatic rings. The Balaban J connectivity index is 0.000000224. The molecule has 5 aromatic carbocycles. The molecule has 5 heterocycles. The highest BCUT2D eigenvalue weighted by atomic mass is 16.2. The van der Waals surface area contributed by atoms with Crippen molar-refractivity contribution in [1.29, 1.82) is 0 Å².